The normalized spacial score (nSPS) is 11.2. The fourth-order valence-electron chi connectivity index (χ4n) is 3.35. The number of hydrogen-bond donors (Lipinski definition) is 3. The number of aromatic nitrogens is 1. The van der Waals surface area contributed by atoms with Gasteiger partial charge >= 0.3 is 0 Å². The van der Waals surface area contributed by atoms with Gasteiger partial charge in [0.05, 0.1) is 19.2 Å². The van der Waals surface area contributed by atoms with Crippen LogP contribution in [0.15, 0.2) is 76.5 Å². The van der Waals surface area contributed by atoms with Gasteiger partial charge in [-0.25, -0.2) is 0 Å². The highest BCUT2D eigenvalue weighted by molar-refractivity contribution is 6.02. The molecule has 6 nitrogen and oxygen atoms in total. The lowest BCUT2D eigenvalue weighted by molar-refractivity contribution is 0.373. The Balaban J connectivity index is 1.73. The molecule has 6 heteroatoms. The first kappa shape index (κ1) is 19.3. The minimum atomic E-state index is -0.362. The predicted molar refractivity (Wildman–Crippen MR) is 118 cm³/mol. The van der Waals surface area contributed by atoms with Crippen LogP contribution in [-0.2, 0) is 6.54 Å². The molecular formula is C24H20N2O4. The number of ether oxygens (including phenoxy) is 1. The maximum Gasteiger partial charge on any atom is 0.258 e. The van der Waals surface area contributed by atoms with Gasteiger partial charge in [0.15, 0.2) is 11.5 Å². The molecule has 0 amide bonds. The van der Waals surface area contributed by atoms with Gasteiger partial charge in [0.2, 0.25) is 5.88 Å². The van der Waals surface area contributed by atoms with Gasteiger partial charge in [-0.2, -0.15) is 0 Å². The summed E-state index contributed by atoms with van der Waals surface area (Å²) in [6.07, 6.45) is 1.53. The number of phenolic OH excluding ortho intramolecular Hbond substituents is 1. The number of fused-ring (bicyclic) bond motifs is 1. The fourth-order valence-corrected chi connectivity index (χ4v) is 3.35. The molecule has 4 rings (SSSR count). The van der Waals surface area contributed by atoms with Crippen LogP contribution >= 0.6 is 0 Å². The van der Waals surface area contributed by atoms with Crippen molar-refractivity contribution in [1.82, 2.24) is 4.98 Å². The highest BCUT2D eigenvalue weighted by Crippen LogP contribution is 2.28. The highest BCUT2D eigenvalue weighted by Gasteiger charge is 2.11. The topological polar surface area (TPSA) is 94.9 Å². The number of phenols is 1. The van der Waals surface area contributed by atoms with E-state index in [4.69, 9.17) is 4.74 Å². The van der Waals surface area contributed by atoms with Crippen LogP contribution in [0.3, 0.4) is 0 Å². The summed E-state index contributed by atoms with van der Waals surface area (Å²) in [7, 11) is 1.49. The van der Waals surface area contributed by atoms with Gasteiger partial charge in [-0.1, -0.05) is 42.5 Å². The highest BCUT2D eigenvalue weighted by atomic mass is 16.5. The molecule has 0 aliphatic heterocycles. The molecule has 3 N–H and O–H groups in total. The van der Waals surface area contributed by atoms with Gasteiger partial charge in [-0.3, -0.25) is 14.8 Å². The lowest BCUT2D eigenvalue weighted by Gasteiger charge is -2.08. The fraction of sp³-hybridized carbons (Fsp3) is 0.0833. The van der Waals surface area contributed by atoms with Crippen LogP contribution in [0.2, 0.25) is 0 Å². The van der Waals surface area contributed by atoms with Crippen molar-refractivity contribution in [2.45, 2.75) is 6.54 Å². The third-order valence-electron chi connectivity index (χ3n) is 4.89. The van der Waals surface area contributed by atoms with Crippen molar-refractivity contribution in [3.8, 4) is 28.5 Å². The molecule has 0 unspecified atom stereocenters. The molecule has 1 aromatic heterocycles. The number of hydrogen-bond acceptors (Lipinski definition) is 5. The number of aromatic hydroxyl groups is 2. The lowest BCUT2D eigenvalue weighted by atomic mass is 10.00. The van der Waals surface area contributed by atoms with E-state index in [1.165, 1.54) is 13.3 Å². The van der Waals surface area contributed by atoms with Crippen molar-refractivity contribution in [1.29, 1.82) is 0 Å². The van der Waals surface area contributed by atoms with Crippen LogP contribution in [0, 0.1) is 0 Å². The summed E-state index contributed by atoms with van der Waals surface area (Å²) in [5.74, 6) is 0.189. The second kappa shape index (κ2) is 8.13. The summed E-state index contributed by atoms with van der Waals surface area (Å²) in [5.41, 5.74) is 2.79. The molecule has 0 fully saturated rings. The molecule has 0 saturated heterocycles. The van der Waals surface area contributed by atoms with E-state index in [9.17, 15) is 15.0 Å². The molecule has 150 valence electrons. The molecule has 3 aromatic carbocycles. The largest absolute Gasteiger partial charge is 0.504 e. The van der Waals surface area contributed by atoms with Crippen molar-refractivity contribution < 1.29 is 14.9 Å². The van der Waals surface area contributed by atoms with E-state index < -0.39 is 0 Å². The molecule has 0 spiro atoms. The number of methoxy groups -OCH3 is 1. The molecule has 0 aliphatic carbocycles. The van der Waals surface area contributed by atoms with Crippen molar-refractivity contribution in [3.63, 3.8) is 0 Å². The summed E-state index contributed by atoms with van der Waals surface area (Å²) >= 11 is 0. The summed E-state index contributed by atoms with van der Waals surface area (Å²) in [4.78, 5) is 19.2. The molecule has 1 heterocycles. The van der Waals surface area contributed by atoms with Gasteiger partial charge in [0.25, 0.3) is 5.56 Å². The number of aliphatic imine (C=N–C) groups is 1. The zero-order chi connectivity index (χ0) is 21.1. The molecule has 0 bridgehead atoms. The van der Waals surface area contributed by atoms with E-state index in [1.807, 2.05) is 42.5 Å². The Bertz CT molecular complexity index is 1290. The summed E-state index contributed by atoms with van der Waals surface area (Å²) in [6, 6.07) is 20.3. The van der Waals surface area contributed by atoms with Gasteiger partial charge in [0, 0.05) is 17.0 Å². The lowest BCUT2D eigenvalue weighted by Crippen LogP contribution is -2.08. The zero-order valence-electron chi connectivity index (χ0n) is 16.3. The molecule has 0 atom stereocenters. The first-order valence-corrected chi connectivity index (χ1v) is 9.37. The minimum absolute atomic E-state index is 0.0371. The second-order valence-corrected chi connectivity index (χ2v) is 6.82. The van der Waals surface area contributed by atoms with Crippen LogP contribution in [-0.4, -0.2) is 28.5 Å². The first-order chi connectivity index (χ1) is 14.6. The third-order valence-corrected chi connectivity index (χ3v) is 4.89. The van der Waals surface area contributed by atoms with E-state index in [1.54, 1.807) is 24.3 Å². The zero-order valence-corrected chi connectivity index (χ0v) is 16.3. The summed E-state index contributed by atoms with van der Waals surface area (Å²) < 4.78 is 5.04. The number of H-pyrrole nitrogens is 1. The quantitative estimate of drug-likeness (QED) is 0.437. The third kappa shape index (κ3) is 3.75. The van der Waals surface area contributed by atoms with E-state index in [0.717, 1.165) is 16.7 Å². The molecule has 0 saturated carbocycles. The van der Waals surface area contributed by atoms with E-state index in [0.29, 0.717) is 22.1 Å². The van der Waals surface area contributed by atoms with Gasteiger partial charge < -0.3 is 14.9 Å². The number of pyridine rings is 1. The maximum atomic E-state index is 12.3. The van der Waals surface area contributed by atoms with Crippen LogP contribution in [0.1, 0.15) is 11.1 Å². The Labute approximate surface area is 172 Å². The molecule has 4 aromatic rings. The number of nitrogens with zero attached hydrogens (tertiary/aromatic N) is 1. The van der Waals surface area contributed by atoms with Gasteiger partial charge in [-0.15, -0.1) is 0 Å². The number of benzene rings is 3. The average molecular weight is 400 g/mol. The van der Waals surface area contributed by atoms with Crippen molar-refractivity contribution in [2.24, 2.45) is 4.99 Å². The van der Waals surface area contributed by atoms with Crippen LogP contribution in [0.4, 0.5) is 0 Å². The van der Waals surface area contributed by atoms with E-state index >= 15 is 0 Å². The van der Waals surface area contributed by atoms with Crippen LogP contribution < -0.4 is 10.3 Å². The average Bonchev–Trinajstić information content (AvgIpc) is 2.76. The number of rotatable bonds is 5. The predicted octanol–water partition coefficient (Wildman–Crippen LogP) is 4.23. The van der Waals surface area contributed by atoms with Crippen molar-refractivity contribution in [3.05, 3.63) is 88.2 Å². The Morgan fingerprint density at radius 1 is 0.967 bits per heavy atom. The SMILES string of the molecule is COc1ccc(CN=Cc2c(O)[nH]c(=O)c3ccc(-c4ccccc4)cc23)cc1O. The molecular weight excluding hydrogens is 380 g/mol. The van der Waals surface area contributed by atoms with Crippen molar-refractivity contribution >= 4 is 17.0 Å². The Morgan fingerprint density at radius 3 is 2.50 bits per heavy atom. The second-order valence-electron chi connectivity index (χ2n) is 6.82. The molecule has 0 radical (unpaired) electrons. The Hall–Kier alpha value is -4.06. The van der Waals surface area contributed by atoms with Crippen molar-refractivity contribution in [2.75, 3.05) is 7.11 Å². The van der Waals surface area contributed by atoms with Crippen LogP contribution in [0.25, 0.3) is 21.9 Å². The monoisotopic (exact) mass is 400 g/mol. The van der Waals surface area contributed by atoms with E-state index in [-0.39, 0.29) is 23.7 Å². The smallest absolute Gasteiger partial charge is 0.258 e. The Kier molecular flexibility index (Phi) is 5.22. The molecule has 0 aliphatic rings. The number of aromatic amines is 1. The standard InChI is InChI=1S/C24H20N2O4/c1-30-22-10-7-15(11-21(22)27)13-25-14-20-19-12-17(16-5-3-2-4-6-16)8-9-18(19)23(28)26-24(20)29/h2-12,14,27H,13H2,1H3,(H2,26,28,29). The number of nitrogens with one attached hydrogen (secondary N) is 1. The summed E-state index contributed by atoms with van der Waals surface area (Å²) in [6.45, 7) is 0.288. The summed E-state index contributed by atoms with van der Waals surface area (Å²) in [5, 5.41) is 21.3. The van der Waals surface area contributed by atoms with Crippen LogP contribution in [0.5, 0.6) is 17.4 Å². The minimum Gasteiger partial charge on any atom is -0.504 e. The van der Waals surface area contributed by atoms with Gasteiger partial charge in [-0.05, 0) is 41.0 Å². The van der Waals surface area contributed by atoms with E-state index in [2.05, 4.69) is 9.98 Å². The maximum absolute atomic E-state index is 12.3. The van der Waals surface area contributed by atoms with Gasteiger partial charge in [0.1, 0.15) is 0 Å². The molecule has 30 heavy (non-hydrogen) atoms. The first-order valence-electron chi connectivity index (χ1n) is 9.37. The Morgan fingerprint density at radius 2 is 1.77 bits per heavy atom.